The van der Waals surface area contributed by atoms with Gasteiger partial charge in [-0.3, -0.25) is 10.1 Å². The SMILES string of the molecule is CC(C)N(C)CCN(C)c1ccc(C(=O)OC(C)(C)C)c([N+](=O)[O-])c1. The van der Waals surface area contributed by atoms with E-state index in [-0.39, 0.29) is 11.3 Å². The number of anilines is 1. The Morgan fingerprint density at radius 2 is 1.84 bits per heavy atom. The lowest BCUT2D eigenvalue weighted by Gasteiger charge is -2.26. The van der Waals surface area contributed by atoms with Gasteiger partial charge in [0.05, 0.1) is 4.92 Å². The third-order valence-corrected chi connectivity index (χ3v) is 3.91. The van der Waals surface area contributed by atoms with E-state index in [1.54, 1.807) is 26.8 Å². The van der Waals surface area contributed by atoms with Crippen LogP contribution in [-0.2, 0) is 4.74 Å². The van der Waals surface area contributed by atoms with Gasteiger partial charge in [-0.05, 0) is 53.8 Å². The number of hydrogen-bond donors (Lipinski definition) is 0. The minimum Gasteiger partial charge on any atom is -0.456 e. The van der Waals surface area contributed by atoms with Crippen LogP contribution in [0.25, 0.3) is 0 Å². The first kappa shape index (κ1) is 20.9. The van der Waals surface area contributed by atoms with Crippen LogP contribution in [0.4, 0.5) is 11.4 Å². The normalized spacial score (nSPS) is 11.7. The predicted molar refractivity (Wildman–Crippen MR) is 99.3 cm³/mol. The molecule has 0 aliphatic heterocycles. The third kappa shape index (κ3) is 6.34. The van der Waals surface area contributed by atoms with Crippen LogP contribution in [0.3, 0.4) is 0 Å². The number of carbonyl (C=O) groups is 1. The van der Waals surface area contributed by atoms with E-state index in [2.05, 4.69) is 18.7 Å². The molecule has 0 N–H and O–H groups in total. The molecule has 0 aliphatic rings. The first-order valence-corrected chi connectivity index (χ1v) is 8.35. The zero-order valence-electron chi connectivity index (χ0n) is 16.2. The molecule has 7 nitrogen and oxygen atoms in total. The minimum atomic E-state index is -0.707. The van der Waals surface area contributed by atoms with Crippen molar-refractivity contribution in [2.75, 3.05) is 32.1 Å². The number of benzene rings is 1. The monoisotopic (exact) mass is 351 g/mol. The van der Waals surface area contributed by atoms with Crippen LogP contribution in [0.15, 0.2) is 18.2 Å². The Labute approximate surface area is 149 Å². The maximum Gasteiger partial charge on any atom is 0.345 e. The van der Waals surface area contributed by atoms with Gasteiger partial charge in [-0.1, -0.05) is 0 Å². The minimum absolute atomic E-state index is 0.0311. The van der Waals surface area contributed by atoms with Gasteiger partial charge in [-0.25, -0.2) is 4.79 Å². The molecule has 140 valence electrons. The van der Waals surface area contributed by atoms with E-state index in [1.165, 1.54) is 12.1 Å². The zero-order chi connectivity index (χ0) is 19.4. The molecule has 0 fully saturated rings. The van der Waals surface area contributed by atoms with Crippen LogP contribution >= 0.6 is 0 Å². The zero-order valence-corrected chi connectivity index (χ0v) is 16.2. The number of hydrogen-bond acceptors (Lipinski definition) is 6. The number of nitrogens with zero attached hydrogens (tertiary/aromatic N) is 3. The maximum atomic E-state index is 12.2. The lowest BCUT2D eigenvalue weighted by Crippen LogP contribution is -2.34. The molecule has 0 heterocycles. The second kappa shape index (κ2) is 8.29. The second-order valence-corrected chi connectivity index (χ2v) is 7.46. The Morgan fingerprint density at radius 3 is 2.32 bits per heavy atom. The molecule has 0 bridgehead atoms. The molecule has 1 aromatic carbocycles. The van der Waals surface area contributed by atoms with Gasteiger partial charge in [0, 0.05) is 37.9 Å². The number of nitro benzene ring substituents is 1. The van der Waals surface area contributed by atoms with Crippen LogP contribution in [0.2, 0.25) is 0 Å². The highest BCUT2D eigenvalue weighted by molar-refractivity contribution is 5.94. The Hall–Kier alpha value is -2.15. The number of nitro groups is 1. The molecule has 0 unspecified atom stereocenters. The van der Waals surface area contributed by atoms with Crippen LogP contribution in [-0.4, -0.2) is 54.6 Å². The van der Waals surface area contributed by atoms with E-state index in [9.17, 15) is 14.9 Å². The van der Waals surface area contributed by atoms with Gasteiger partial charge in [-0.15, -0.1) is 0 Å². The van der Waals surface area contributed by atoms with Gasteiger partial charge in [-0.2, -0.15) is 0 Å². The Balaban J connectivity index is 3.00. The van der Waals surface area contributed by atoms with Crippen molar-refractivity contribution in [2.45, 2.75) is 46.3 Å². The van der Waals surface area contributed by atoms with Crippen LogP contribution in [0, 0.1) is 10.1 Å². The van der Waals surface area contributed by atoms with Crippen molar-refractivity contribution in [1.82, 2.24) is 4.90 Å². The fourth-order valence-corrected chi connectivity index (χ4v) is 2.11. The van der Waals surface area contributed by atoms with E-state index >= 15 is 0 Å². The molecule has 0 radical (unpaired) electrons. The first-order chi connectivity index (χ1) is 11.4. The molecular weight excluding hydrogens is 322 g/mol. The molecule has 0 amide bonds. The molecular formula is C18H29N3O4. The summed E-state index contributed by atoms with van der Waals surface area (Å²) in [6.45, 7) is 11.0. The summed E-state index contributed by atoms with van der Waals surface area (Å²) < 4.78 is 5.26. The molecule has 25 heavy (non-hydrogen) atoms. The molecule has 0 aliphatic carbocycles. The summed E-state index contributed by atoms with van der Waals surface area (Å²) in [6, 6.07) is 5.03. The fourth-order valence-electron chi connectivity index (χ4n) is 2.11. The van der Waals surface area contributed by atoms with Gasteiger partial charge in [0.25, 0.3) is 5.69 Å². The molecule has 7 heteroatoms. The van der Waals surface area contributed by atoms with Gasteiger partial charge in [0.15, 0.2) is 0 Å². The van der Waals surface area contributed by atoms with Gasteiger partial charge in [0.1, 0.15) is 11.2 Å². The topological polar surface area (TPSA) is 75.9 Å². The number of carbonyl (C=O) groups excluding carboxylic acids is 1. The fraction of sp³-hybridized carbons (Fsp3) is 0.611. The van der Waals surface area contributed by atoms with Crippen molar-refractivity contribution < 1.29 is 14.5 Å². The largest absolute Gasteiger partial charge is 0.456 e. The van der Waals surface area contributed by atoms with Crippen LogP contribution in [0.1, 0.15) is 45.0 Å². The van der Waals surface area contributed by atoms with Crippen LogP contribution < -0.4 is 4.90 Å². The molecule has 0 saturated carbocycles. The standard InChI is InChI=1S/C18H29N3O4/c1-13(2)19(6)10-11-20(7)14-8-9-15(16(12-14)21(23)24)17(22)25-18(3,4)5/h8-9,12-13H,10-11H2,1-7H3. The highest BCUT2D eigenvalue weighted by Crippen LogP contribution is 2.27. The highest BCUT2D eigenvalue weighted by Gasteiger charge is 2.26. The smallest absolute Gasteiger partial charge is 0.345 e. The van der Waals surface area contributed by atoms with Gasteiger partial charge >= 0.3 is 5.97 Å². The quantitative estimate of drug-likeness (QED) is 0.426. The lowest BCUT2D eigenvalue weighted by atomic mass is 10.1. The van der Waals surface area contributed by atoms with Crippen molar-refractivity contribution in [1.29, 1.82) is 0 Å². The summed E-state index contributed by atoms with van der Waals surface area (Å²) in [5, 5.41) is 11.4. The van der Waals surface area contributed by atoms with Crippen molar-refractivity contribution >= 4 is 17.3 Å². The van der Waals surface area contributed by atoms with Crippen molar-refractivity contribution in [3.63, 3.8) is 0 Å². The van der Waals surface area contributed by atoms with Crippen LogP contribution in [0.5, 0.6) is 0 Å². The molecule has 0 saturated heterocycles. The summed E-state index contributed by atoms with van der Waals surface area (Å²) in [4.78, 5) is 27.2. The summed E-state index contributed by atoms with van der Waals surface area (Å²) in [5.41, 5.74) is -0.287. The Kier molecular flexibility index (Phi) is 6.93. The summed E-state index contributed by atoms with van der Waals surface area (Å²) in [6.07, 6.45) is 0. The Morgan fingerprint density at radius 1 is 1.24 bits per heavy atom. The number of likely N-dealkylation sites (N-methyl/N-ethyl adjacent to an activating group) is 2. The first-order valence-electron chi connectivity index (χ1n) is 8.35. The molecule has 0 aromatic heterocycles. The number of rotatable bonds is 7. The van der Waals surface area contributed by atoms with E-state index in [4.69, 9.17) is 4.74 Å². The van der Waals surface area contributed by atoms with Crippen molar-refractivity contribution in [3.05, 3.63) is 33.9 Å². The average molecular weight is 351 g/mol. The van der Waals surface area contributed by atoms with E-state index in [0.29, 0.717) is 11.7 Å². The van der Waals surface area contributed by atoms with Crippen molar-refractivity contribution in [3.8, 4) is 0 Å². The maximum absolute atomic E-state index is 12.2. The summed E-state index contributed by atoms with van der Waals surface area (Å²) in [5.74, 6) is -0.687. The summed E-state index contributed by atoms with van der Waals surface area (Å²) >= 11 is 0. The number of esters is 1. The molecule has 0 spiro atoms. The summed E-state index contributed by atoms with van der Waals surface area (Å²) in [7, 11) is 3.91. The third-order valence-electron chi connectivity index (χ3n) is 3.91. The predicted octanol–water partition coefficient (Wildman–Crippen LogP) is 3.33. The van der Waals surface area contributed by atoms with Gasteiger partial charge in [0.2, 0.25) is 0 Å². The lowest BCUT2D eigenvalue weighted by molar-refractivity contribution is -0.385. The van der Waals surface area contributed by atoms with Gasteiger partial charge < -0.3 is 14.5 Å². The van der Waals surface area contributed by atoms with E-state index in [0.717, 1.165) is 13.1 Å². The molecule has 1 aromatic rings. The van der Waals surface area contributed by atoms with E-state index in [1.807, 2.05) is 19.0 Å². The van der Waals surface area contributed by atoms with E-state index < -0.39 is 16.5 Å². The molecule has 1 rings (SSSR count). The van der Waals surface area contributed by atoms with Crippen molar-refractivity contribution in [2.24, 2.45) is 0 Å². The number of ether oxygens (including phenoxy) is 1. The Bertz CT molecular complexity index is 623. The molecule has 0 atom stereocenters. The average Bonchev–Trinajstić information content (AvgIpc) is 2.49. The second-order valence-electron chi connectivity index (χ2n) is 7.46. The highest BCUT2D eigenvalue weighted by atomic mass is 16.6.